The number of allylic oxidation sites excluding steroid dienone is 3. The molecule has 2 aliphatic carbocycles. The van der Waals surface area contributed by atoms with Gasteiger partial charge in [-0.3, -0.25) is 24.1 Å². The van der Waals surface area contributed by atoms with Crippen LogP contribution in [0.2, 0.25) is 0 Å². The monoisotopic (exact) mass is 670 g/mol. The number of para-hydroxylation sites is 1. The topological polar surface area (TPSA) is 95.0 Å². The number of fused-ring (bicyclic) bond motifs is 4. The summed E-state index contributed by atoms with van der Waals surface area (Å²) in [5.74, 6) is -6.75. The molecule has 6 atom stereocenters. The fraction of sp³-hybridized carbons (Fsp3) is 0.243. The molecule has 1 saturated carbocycles. The Balaban J connectivity index is 1.40. The molecule has 1 N–H and O–H groups in total. The van der Waals surface area contributed by atoms with Gasteiger partial charge in [0.05, 0.1) is 23.2 Å². The lowest BCUT2D eigenvalue weighted by atomic mass is 9.56. The molecular weight excluding hydrogens is 642 g/mol. The van der Waals surface area contributed by atoms with E-state index in [-0.39, 0.29) is 35.7 Å². The number of imide groups is 2. The van der Waals surface area contributed by atoms with E-state index >= 15 is 0 Å². The van der Waals surface area contributed by atoms with Crippen molar-refractivity contribution in [3.8, 4) is 5.75 Å². The van der Waals surface area contributed by atoms with Crippen LogP contribution in [-0.2, 0) is 25.6 Å². The van der Waals surface area contributed by atoms with Crippen LogP contribution in [0.5, 0.6) is 5.75 Å². The van der Waals surface area contributed by atoms with Gasteiger partial charge in [-0.25, -0.2) is 9.29 Å². The molecule has 0 spiro atoms. The lowest BCUT2D eigenvalue weighted by Crippen LogP contribution is -2.60. The third-order valence-electron chi connectivity index (χ3n) is 10.1. The second kappa shape index (κ2) is 11.0. The Labute approximate surface area is 280 Å². The zero-order chi connectivity index (χ0) is 33.4. The Morgan fingerprint density at radius 3 is 2.19 bits per heavy atom. The largest absolute Gasteiger partial charge is 0.507 e. The van der Waals surface area contributed by atoms with E-state index in [2.05, 4.69) is 13.2 Å². The Morgan fingerprint density at radius 1 is 0.872 bits per heavy atom. The van der Waals surface area contributed by atoms with E-state index in [0.29, 0.717) is 23.2 Å². The van der Waals surface area contributed by atoms with Crippen molar-refractivity contribution in [2.75, 3.05) is 9.80 Å². The van der Waals surface area contributed by atoms with E-state index in [0.717, 1.165) is 22.6 Å². The molecule has 2 saturated heterocycles. The van der Waals surface area contributed by atoms with E-state index in [1.54, 1.807) is 54.6 Å². The van der Waals surface area contributed by atoms with Gasteiger partial charge in [-0.1, -0.05) is 60.7 Å². The minimum Gasteiger partial charge on any atom is -0.507 e. The Bertz CT molecular complexity index is 1930. The van der Waals surface area contributed by atoms with Gasteiger partial charge >= 0.3 is 0 Å². The summed E-state index contributed by atoms with van der Waals surface area (Å²) in [5.41, 5.74) is 2.63. The quantitative estimate of drug-likeness (QED) is 0.180. The van der Waals surface area contributed by atoms with Crippen molar-refractivity contribution < 1.29 is 28.7 Å². The Kier molecular flexibility index (Phi) is 7.30. The molecule has 3 aromatic rings. The van der Waals surface area contributed by atoms with Crippen molar-refractivity contribution in [2.24, 2.45) is 17.8 Å². The lowest BCUT2D eigenvalue weighted by Gasteiger charge is -2.50. The number of benzene rings is 3. The predicted molar refractivity (Wildman–Crippen MR) is 178 cm³/mol. The molecule has 2 aliphatic heterocycles. The zero-order valence-corrected chi connectivity index (χ0v) is 26.5. The van der Waals surface area contributed by atoms with Gasteiger partial charge in [0.2, 0.25) is 11.8 Å². The molecule has 2 heterocycles. The third kappa shape index (κ3) is 4.24. The fourth-order valence-electron chi connectivity index (χ4n) is 7.92. The van der Waals surface area contributed by atoms with Crippen LogP contribution in [0.4, 0.5) is 15.8 Å². The molecule has 0 bridgehead atoms. The first kappa shape index (κ1) is 31.1. The van der Waals surface area contributed by atoms with Crippen LogP contribution in [0, 0.1) is 23.6 Å². The SMILES string of the molecule is C=CCc1cccc(C2C3=CCC4C(=O)N(c5ccc(C=C)cc5)C(=O)C4C3CC3(Cl)C(=O)N(c4ccc(F)cc4)C(=O)C23Cl)c1O. The zero-order valence-electron chi connectivity index (χ0n) is 25.0. The average molecular weight is 672 g/mol. The lowest BCUT2D eigenvalue weighted by molar-refractivity contribution is -0.125. The number of phenols is 1. The highest BCUT2D eigenvalue weighted by Gasteiger charge is 2.77. The minimum absolute atomic E-state index is 0.0790. The number of nitrogens with zero attached hydrogens (tertiary/aromatic N) is 2. The summed E-state index contributed by atoms with van der Waals surface area (Å²) < 4.78 is 13.9. The van der Waals surface area contributed by atoms with E-state index in [1.165, 1.54) is 17.0 Å². The Hall–Kier alpha value is -4.53. The number of carbonyl (C=O) groups is 4. The highest BCUT2D eigenvalue weighted by atomic mass is 35.5. The molecule has 10 heteroatoms. The second-order valence-electron chi connectivity index (χ2n) is 12.4. The van der Waals surface area contributed by atoms with Crippen molar-refractivity contribution in [3.63, 3.8) is 0 Å². The van der Waals surface area contributed by atoms with Crippen LogP contribution in [0.3, 0.4) is 0 Å². The molecule has 238 valence electrons. The van der Waals surface area contributed by atoms with Crippen LogP contribution in [-0.4, -0.2) is 38.5 Å². The number of hydrogen-bond donors (Lipinski definition) is 1. The third-order valence-corrected chi connectivity index (χ3v) is 11.5. The summed E-state index contributed by atoms with van der Waals surface area (Å²) in [7, 11) is 0. The van der Waals surface area contributed by atoms with Crippen LogP contribution < -0.4 is 9.80 Å². The molecule has 4 aliphatic rings. The van der Waals surface area contributed by atoms with Gasteiger partial charge in [-0.15, -0.1) is 29.8 Å². The van der Waals surface area contributed by atoms with Gasteiger partial charge < -0.3 is 5.11 Å². The number of phenolic OH excluding ortho intramolecular Hbond substituents is 1. The van der Waals surface area contributed by atoms with Crippen molar-refractivity contribution in [2.45, 2.75) is 34.9 Å². The van der Waals surface area contributed by atoms with E-state index in [1.807, 2.05) is 6.08 Å². The van der Waals surface area contributed by atoms with Crippen molar-refractivity contribution in [3.05, 3.63) is 120 Å². The number of anilines is 2. The van der Waals surface area contributed by atoms with Gasteiger partial charge in [0.1, 0.15) is 11.6 Å². The molecule has 7 rings (SSSR count). The molecule has 4 amide bonds. The molecule has 0 aromatic heterocycles. The van der Waals surface area contributed by atoms with Crippen molar-refractivity contribution in [1.82, 2.24) is 0 Å². The van der Waals surface area contributed by atoms with Gasteiger partial charge in [0.25, 0.3) is 11.8 Å². The number of aromatic hydroxyl groups is 1. The number of carbonyl (C=O) groups excluding carboxylic acids is 4. The Morgan fingerprint density at radius 2 is 1.53 bits per heavy atom. The van der Waals surface area contributed by atoms with Crippen molar-refractivity contribution in [1.29, 1.82) is 0 Å². The number of amides is 4. The van der Waals surface area contributed by atoms with Crippen LogP contribution in [0.25, 0.3) is 6.08 Å². The summed E-state index contributed by atoms with van der Waals surface area (Å²) >= 11 is 14.8. The minimum atomic E-state index is -2.15. The molecule has 3 fully saturated rings. The van der Waals surface area contributed by atoms with Gasteiger partial charge in [-0.2, -0.15) is 0 Å². The van der Waals surface area contributed by atoms with Gasteiger partial charge in [0, 0.05) is 11.5 Å². The fourth-order valence-corrected chi connectivity index (χ4v) is 8.85. The van der Waals surface area contributed by atoms with E-state index in [9.17, 15) is 28.7 Å². The number of rotatable bonds is 6. The van der Waals surface area contributed by atoms with Gasteiger partial charge in [-0.05, 0) is 72.7 Å². The van der Waals surface area contributed by atoms with E-state index < -0.39 is 57.0 Å². The maximum absolute atomic E-state index is 14.5. The summed E-state index contributed by atoms with van der Waals surface area (Å²) in [6.45, 7) is 7.52. The van der Waals surface area contributed by atoms with E-state index in [4.69, 9.17) is 23.2 Å². The first-order valence-corrected chi connectivity index (χ1v) is 16.0. The second-order valence-corrected chi connectivity index (χ2v) is 13.6. The summed E-state index contributed by atoms with van der Waals surface area (Å²) in [4.78, 5) is 54.8. The summed E-state index contributed by atoms with van der Waals surface area (Å²) in [6, 6.07) is 16.7. The smallest absolute Gasteiger partial charge is 0.258 e. The van der Waals surface area contributed by atoms with Crippen LogP contribution in [0.1, 0.15) is 35.4 Å². The molecule has 7 nitrogen and oxygen atoms in total. The first-order chi connectivity index (χ1) is 22.5. The highest BCUT2D eigenvalue weighted by Crippen LogP contribution is 2.66. The first-order valence-electron chi connectivity index (χ1n) is 15.2. The molecule has 0 radical (unpaired) electrons. The average Bonchev–Trinajstić information content (AvgIpc) is 3.40. The summed E-state index contributed by atoms with van der Waals surface area (Å²) in [5, 5.41) is 11.6. The predicted octanol–water partition coefficient (Wildman–Crippen LogP) is 6.67. The number of alkyl halides is 2. The maximum Gasteiger partial charge on any atom is 0.258 e. The maximum atomic E-state index is 14.5. The normalized spacial score (nSPS) is 29.7. The van der Waals surface area contributed by atoms with Gasteiger partial charge in [0.15, 0.2) is 9.75 Å². The highest BCUT2D eigenvalue weighted by molar-refractivity contribution is 6.58. The molecule has 3 aromatic carbocycles. The van der Waals surface area contributed by atoms with Crippen LogP contribution >= 0.6 is 23.2 Å². The molecule has 6 unspecified atom stereocenters. The standard InChI is InChI=1S/C37H29Cl2FN2O5/c1-3-6-21-7-5-8-27(31(21)43)30-25-17-18-26-29(33(45)41(32(26)44)23-13-9-20(4-2)10-14-23)28(25)19-36(38)34(46)42(35(47)37(30,36)39)24-15-11-22(40)12-16-24/h3-5,7-17,26,28-30,43H,1-2,6,18-19H2. The van der Waals surface area contributed by atoms with Crippen LogP contribution in [0.15, 0.2) is 97.6 Å². The van der Waals surface area contributed by atoms with Crippen molar-refractivity contribution >= 4 is 64.3 Å². The molecule has 47 heavy (non-hydrogen) atoms. The molecular formula is C37H29Cl2FN2O5. The number of hydrogen-bond acceptors (Lipinski definition) is 5. The summed E-state index contributed by atoms with van der Waals surface area (Å²) in [6.07, 6.45) is 5.35. The number of halogens is 3.